The first-order valence-corrected chi connectivity index (χ1v) is 8.73. The van der Waals surface area contributed by atoms with Gasteiger partial charge in [0.25, 0.3) is 0 Å². The lowest BCUT2D eigenvalue weighted by Gasteiger charge is -2.31. The third kappa shape index (κ3) is 3.79. The van der Waals surface area contributed by atoms with E-state index in [0.29, 0.717) is 30.4 Å². The van der Waals surface area contributed by atoms with Crippen molar-refractivity contribution < 1.29 is 24.2 Å². The molecule has 0 radical (unpaired) electrons. The second kappa shape index (κ2) is 7.44. The molecule has 0 amide bonds. The van der Waals surface area contributed by atoms with Gasteiger partial charge >= 0.3 is 5.97 Å². The zero-order valence-corrected chi connectivity index (χ0v) is 14.8. The number of Topliss-reactive ketones (excluding diaryl/α,β-unsaturated/α-hetero) is 1. The van der Waals surface area contributed by atoms with Crippen LogP contribution in [0.3, 0.4) is 0 Å². The highest BCUT2D eigenvalue weighted by molar-refractivity contribution is 5.85. The summed E-state index contributed by atoms with van der Waals surface area (Å²) in [7, 11) is 3.24. The molecule has 3 rings (SSSR count). The molecule has 1 N–H and O–H groups in total. The molecule has 0 aromatic heterocycles. The van der Waals surface area contributed by atoms with Gasteiger partial charge in [0.2, 0.25) is 0 Å². The summed E-state index contributed by atoms with van der Waals surface area (Å²) in [6.07, 6.45) is 3.02. The molecule has 2 aliphatic rings. The van der Waals surface area contributed by atoms with Crippen LogP contribution in [0.25, 0.3) is 0 Å². The minimum atomic E-state index is -0.807. The smallest absolute Gasteiger partial charge is 0.317 e. The molecule has 1 fully saturated rings. The fourth-order valence-electron chi connectivity index (χ4n) is 4.05. The molecule has 6 nitrogen and oxygen atoms in total. The van der Waals surface area contributed by atoms with Crippen LogP contribution in [-0.2, 0) is 22.4 Å². The molecule has 0 bridgehead atoms. The average Bonchev–Trinajstić information content (AvgIpc) is 3.02. The molecule has 0 saturated carbocycles. The van der Waals surface area contributed by atoms with Crippen LogP contribution in [0, 0.1) is 11.8 Å². The SMILES string of the molecule is COc1cc2c(cc1OC)CC(C(=O)C1CCN(CC(=O)O)CC1)C2. The lowest BCUT2D eigenvalue weighted by molar-refractivity contribution is -0.138. The number of rotatable bonds is 6. The summed E-state index contributed by atoms with van der Waals surface area (Å²) in [6, 6.07) is 3.97. The van der Waals surface area contributed by atoms with E-state index >= 15 is 0 Å². The van der Waals surface area contributed by atoms with Gasteiger partial charge in [0.1, 0.15) is 5.78 Å². The van der Waals surface area contributed by atoms with Gasteiger partial charge in [-0.05, 0) is 62.0 Å². The van der Waals surface area contributed by atoms with Gasteiger partial charge in [0, 0.05) is 11.8 Å². The highest BCUT2D eigenvalue weighted by atomic mass is 16.5. The van der Waals surface area contributed by atoms with E-state index in [2.05, 4.69) is 0 Å². The van der Waals surface area contributed by atoms with Crippen LogP contribution in [-0.4, -0.2) is 55.6 Å². The van der Waals surface area contributed by atoms with Crippen LogP contribution in [0.15, 0.2) is 12.1 Å². The van der Waals surface area contributed by atoms with Crippen LogP contribution in [0.1, 0.15) is 24.0 Å². The number of carbonyl (C=O) groups is 2. The number of fused-ring (bicyclic) bond motifs is 1. The Bertz CT molecular complexity index is 631. The van der Waals surface area contributed by atoms with Crippen molar-refractivity contribution >= 4 is 11.8 Å². The van der Waals surface area contributed by atoms with Crippen molar-refractivity contribution in [2.75, 3.05) is 33.9 Å². The van der Waals surface area contributed by atoms with Crippen LogP contribution in [0.5, 0.6) is 11.5 Å². The molecule has 1 saturated heterocycles. The summed E-state index contributed by atoms with van der Waals surface area (Å²) in [6.45, 7) is 1.43. The van der Waals surface area contributed by atoms with E-state index in [1.807, 2.05) is 17.0 Å². The number of carboxylic acid groups (broad SMARTS) is 1. The van der Waals surface area contributed by atoms with E-state index in [1.165, 1.54) is 11.1 Å². The molecular weight excluding hydrogens is 322 g/mol. The fraction of sp³-hybridized carbons (Fsp3) is 0.579. The quantitative estimate of drug-likeness (QED) is 0.845. The van der Waals surface area contributed by atoms with Gasteiger partial charge in [-0.25, -0.2) is 0 Å². The first-order valence-electron chi connectivity index (χ1n) is 8.73. The van der Waals surface area contributed by atoms with Gasteiger partial charge in [-0.1, -0.05) is 0 Å². The monoisotopic (exact) mass is 347 g/mol. The Labute approximate surface area is 147 Å². The van der Waals surface area contributed by atoms with E-state index in [0.717, 1.165) is 25.7 Å². The maximum absolute atomic E-state index is 12.9. The molecule has 25 heavy (non-hydrogen) atoms. The van der Waals surface area contributed by atoms with E-state index in [-0.39, 0.29) is 18.4 Å². The molecule has 1 aliphatic carbocycles. The molecular formula is C19H25NO5. The summed E-state index contributed by atoms with van der Waals surface area (Å²) in [5, 5.41) is 8.87. The van der Waals surface area contributed by atoms with Crippen molar-refractivity contribution in [1.82, 2.24) is 4.90 Å². The van der Waals surface area contributed by atoms with Crippen LogP contribution in [0.4, 0.5) is 0 Å². The van der Waals surface area contributed by atoms with Crippen LogP contribution in [0.2, 0.25) is 0 Å². The number of piperidine rings is 1. The van der Waals surface area contributed by atoms with E-state index in [9.17, 15) is 9.59 Å². The first-order chi connectivity index (χ1) is 12.0. The van der Waals surface area contributed by atoms with Crippen molar-refractivity contribution in [3.63, 3.8) is 0 Å². The molecule has 0 spiro atoms. The zero-order valence-electron chi connectivity index (χ0n) is 14.8. The number of ether oxygens (including phenoxy) is 2. The molecule has 0 atom stereocenters. The lowest BCUT2D eigenvalue weighted by atomic mass is 9.84. The van der Waals surface area contributed by atoms with Gasteiger partial charge in [-0.3, -0.25) is 14.5 Å². The predicted molar refractivity (Wildman–Crippen MR) is 92.3 cm³/mol. The van der Waals surface area contributed by atoms with Crippen LogP contribution < -0.4 is 9.47 Å². The van der Waals surface area contributed by atoms with Gasteiger partial charge in [0.15, 0.2) is 11.5 Å². The van der Waals surface area contributed by atoms with E-state index in [4.69, 9.17) is 14.6 Å². The molecule has 136 valence electrons. The molecule has 1 aromatic rings. The molecule has 1 aromatic carbocycles. The summed E-state index contributed by atoms with van der Waals surface area (Å²) in [5.74, 6) is 0.992. The fourth-order valence-corrected chi connectivity index (χ4v) is 4.05. The summed E-state index contributed by atoms with van der Waals surface area (Å²) < 4.78 is 10.7. The van der Waals surface area contributed by atoms with Crippen molar-refractivity contribution in [3.05, 3.63) is 23.3 Å². The Morgan fingerprint density at radius 2 is 1.56 bits per heavy atom. The zero-order chi connectivity index (χ0) is 18.0. The number of nitrogens with zero attached hydrogens (tertiary/aromatic N) is 1. The Hall–Kier alpha value is -2.08. The minimum Gasteiger partial charge on any atom is -0.493 e. The van der Waals surface area contributed by atoms with E-state index < -0.39 is 5.97 Å². The third-order valence-corrected chi connectivity index (χ3v) is 5.39. The molecule has 1 aliphatic heterocycles. The standard InChI is InChI=1S/C19H25NO5/c1-24-16-9-13-7-15(8-14(13)10-17(16)25-2)19(23)12-3-5-20(6-4-12)11-18(21)22/h9-10,12,15H,3-8,11H2,1-2H3,(H,21,22). The topological polar surface area (TPSA) is 76.1 Å². The summed E-state index contributed by atoms with van der Waals surface area (Å²) in [4.78, 5) is 25.6. The molecule has 6 heteroatoms. The predicted octanol–water partition coefficient (Wildman–Crippen LogP) is 1.78. The highest BCUT2D eigenvalue weighted by Crippen LogP contribution is 2.38. The second-order valence-electron chi connectivity index (χ2n) is 6.93. The highest BCUT2D eigenvalue weighted by Gasteiger charge is 2.34. The number of methoxy groups -OCH3 is 2. The average molecular weight is 347 g/mol. The largest absolute Gasteiger partial charge is 0.493 e. The number of likely N-dealkylation sites (tertiary alicyclic amines) is 1. The van der Waals surface area contributed by atoms with Crippen molar-refractivity contribution in [2.24, 2.45) is 11.8 Å². The first kappa shape index (κ1) is 17.7. The Morgan fingerprint density at radius 3 is 2.00 bits per heavy atom. The van der Waals surface area contributed by atoms with Gasteiger partial charge in [-0.15, -0.1) is 0 Å². The number of benzene rings is 1. The second-order valence-corrected chi connectivity index (χ2v) is 6.93. The van der Waals surface area contributed by atoms with Gasteiger partial charge in [0.05, 0.1) is 20.8 Å². The minimum absolute atomic E-state index is 0.0165. The van der Waals surface area contributed by atoms with Gasteiger partial charge < -0.3 is 14.6 Å². The number of hydrogen-bond acceptors (Lipinski definition) is 5. The van der Waals surface area contributed by atoms with Gasteiger partial charge in [-0.2, -0.15) is 0 Å². The molecule has 0 unspecified atom stereocenters. The maximum Gasteiger partial charge on any atom is 0.317 e. The number of aliphatic carboxylic acids is 1. The number of ketones is 1. The Kier molecular flexibility index (Phi) is 5.27. The van der Waals surface area contributed by atoms with Crippen molar-refractivity contribution in [3.8, 4) is 11.5 Å². The number of carbonyl (C=O) groups excluding carboxylic acids is 1. The lowest BCUT2D eigenvalue weighted by Crippen LogP contribution is -2.40. The van der Waals surface area contributed by atoms with Crippen molar-refractivity contribution in [2.45, 2.75) is 25.7 Å². The molecule has 1 heterocycles. The number of carboxylic acids is 1. The Morgan fingerprint density at radius 1 is 1.04 bits per heavy atom. The van der Waals surface area contributed by atoms with E-state index in [1.54, 1.807) is 14.2 Å². The number of hydrogen-bond donors (Lipinski definition) is 1. The maximum atomic E-state index is 12.9. The van der Waals surface area contributed by atoms with Crippen LogP contribution >= 0.6 is 0 Å². The summed E-state index contributed by atoms with van der Waals surface area (Å²) in [5.41, 5.74) is 2.33. The van der Waals surface area contributed by atoms with Crippen molar-refractivity contribution in [1.29, 1.82) is 0 Å². The third-order valence-electron chi connectivity index (χ3n) is 5.39. The Balaban J connectivity index is 1.62. The summed E-state index contributed by atoms with van der Waals surface area (Å²) >= 11 is 0. The normalized spacial score (nSPS) is 18.8.